The summed E-state index contributed by atoms with van der Waals surface area (Å²) in [6.07, 6.45) is 1.73. The molecule has 0 spiro atoms. The van der Waals surface area contributed by atoms with Gasteiger partial charge in [-0.05, 0) is 40.9 Å². The summed E-state index contributed by atoms with van der Waals surface area (Å²) in [4.78, 5) is 42.5. The van der Waals surface area contributed by atoms with Crippen molar-refractivity contribution in [3.8, 4) is 22.9 Å². The summed E-state index contributed by atoms with van der Waals surface area (Å²) in [6, 6.07) is 10.1. The van der Waals surface area contributed by atoms with Crippen LogP contribution in [0.4, 0.5) is 0 Å². The van der Waals surface area contributed by atoms with Gasteiger partial charge in [0.15, 0.2) is 0 Å². The molecule has 15 heteroatoms. The second-order valence-corrected chi connectivity index (χ2v) is 20.7. The van der Waals surface area contributed by atoms with E-state index >= 15 is 0 Å². The fourth-order valence-electron chi connectivity index (χ4n) is 7.99. The number of carbonyl (C=O) groups is 2. The minimum atomic E-state index is -2.02. The third-order valence-corrected chi connectivity index (χ3v) is 16.9. The molecule has 1 radical (unpaired) electrons. The molecule has 6 heterocycles. The van der Waals surface area contributed by atoms with Crippen LogP contribution in [-0.2, 0) is 29.2 Å². The van der Waals surface area contributed by atoms with Gasteiger partial charge in [0, 0.05) is 71.0 Å². The van der Waals surface area contributed by atoms with Crippen LogP contribution in [0.1, 0.15) is 64.2 Å². The summed E-state index contributed by atoms with van der Waals surface area (Å²) in [5.41, 5.74) is 10.3. The molecule has 6 bridgehead atoms. The molecule has 0 atom stereocenters. The first-order chi connectivity index (χ1) is 24.8. The van der Waals surface area contributed by atoms with Gasteiger partial charge in [0.05, 0.1) is 48.6 Å². The molecule has 6 rings (SSSR count). The molecule has 0 aromatic carbocycles. The van der Waals surface area contributed by atoms with Gasteiger partial charge in [-0.15, -0.1) is 10.6 Å². The van der Waals surface area contributed by atoms with Crippen LogP contribution < -0.4 is 0 Å². The number of hydrogen-bond donors (Lipinski definition) is 2. The molecule has 285 valence electrons. The molecule has 3 aromatic heterocycles. The van der Waals surface area contributed by atoms with Crippen molar-refractivity contribution in [2.24, 2.45) is 0 Å². The Balaban J connectivity index is 0.00000627. The van der Waals surface area contributed by atoms with Crippen LogP contribution in [-0.4, -0.2) is 140 Å². The molecular weight excluding hydrogens is 833 g/mol. The topological polar surface area (TPSA) is 144 Å². The zero-order chi connectivity index (χ0) is 37.4. The average molecular weight is 889 g/mol. The number of pyridine rings is 2. The van der Waals surface area contributed by atoms with E-state index < -0.39 is 20.0 Å². The average Bonchev–Trinajstić information content (AvgIpc) is 3.53. The Hall–Kier alpha value is -2.72. The number of carboxylic acids is 2. The van der Waals surface area contributed by atoms with Crippen molar-refractivity contribution in [3.63, 3.8) is 0 Å². The second-order valence-electron chi connectivity index (χ2n) is 15.2. The molecule has 0 aliphatic carbocycles. The third kappa shape index (κ3) is 11.6. The standard InChI is InChI=1S/C38H55N9O4Si.Tb/c1-28(2)52(29(3)4,30(5)6)19-10-31-20-33-24-44-13-17-45(26-37(48)49)15-11-43(12-16-46(18-14-44)27-38(50)51)23-32-8-7-9-35(41-32)36-22-39-42-47(36)25-34(21-31)40-33;/h7-9,20-22,28-30H,11-18,23-27H2,1-6H3,(H,48,49)(H,50,51);/q;+4. The summed E-state index contributed by atoms with van der Waals surface area (Å²) in [7, 11) is -2.02. The molecule has 3 aromatic rings. The minimum absolute atomic E-state index is 0. The van der Waals surface area contributed by atoms with Crippen LogP contribution >= 0.6 is 0 Å². The molecule has 1 saturated heterocycles. The number of hydrogen-bond acceptors (Lipinski definition) is 10. The van der Waals surface area contributed by atoms with E-state index in [1.807, 2.05) is 32.7 Å². The summed E-state index contributed by atoms with van der Waals surface area (Å²) in [6.45, 7) is 19.8. The summed E-state index contributed by atoms with van der Waals surface area (Å²) < 4.78 is 1.85. The number of aliphatic carboxylic acids is 2. The summed E-state index contributed by atoms with van der Waals surface area (Å²) >= 11 is 0. The fraction of sp³-hybridized carbons (Fsp3) is 0.579. The quantitative estimate of drug-likeness (QED) is 0.264. The Morgan fingerprint density at radius 1 is 0.736 bits per heavy atom. The van der Waals surface area contributed by atoms with Crippen molar-refractivity contribution >= 4 is 20.0 Å². The normalized spacial score (nSPS) is 19.2. The van der Waals surface area contributed by atoms with E-state index in [1.54, 1.807) is 6.20 Å². The van der Waals surface area contributed by atoms with E-state index in [0.29, 0.717) is 88.6 Å². The van der Waals surface area contributed by atoms with Gasteiger partial charge in [-0.2, -0.15) is 0 Å². The van der Waals surface area contributed by atoms with Crippen molar-refractivity contribution in [2.45, 2.75) is 77.8 Å². The Morgan fingerprint density at radius 2 is 1.25 bits per heavy atom. The van der Waals surface area contributed by atoms with Gasteiger partial charge >= 0.3 is 50.6 Å². The van der Waals surface area contributed by atoms with E-state index in [2.05, 4.69) is 85.3 Å². The molecule has 2 N–H and O–H groups in total. The van der Waals surface area contributed by atoms with E-state index in [1.165, 1.54) is 0 Å². The van der Waals surface area contributed by atoms with Gasteiger partial charge in [-0.3, -0.25) is 34.2 Å². The predicted octanol–water partition coefficient (Wildman–Crippen LogP) is 3.76. The van der Waals surface area contributed by atoms with Crippen molar-refractivity contribution in [1.82, 2.24) is 44.6 Å². The zero-order valence-electron chi connectivity index (χ0n) is 32.0. The van der Waals surface area contributed by atoms with Gasteiger partial charge < -0.3 is 10.2 Å². The van der Waals surface area contributed by atoms with Crippen molar-refractivity contribution in [1.29, 1.82) is 0 Å². The Labute approximate surface area is 346 Å². The van der Waals surface area contributed by atoms with Gasteiger partial charge in [-0.25, -0.2) is 9.67 Å². The number of fused-ring (bicyclic) bond motifs is 8. The molecule has 13 nitrogen and oxygen atoms in total. The SMILES string of the molecule is CC(C)[Si](C#Cc1cc2nc(c1)Cn1nncc1-c1cccc(n1)CN1CCN(CC(=O)O)CCN(CCN(CC(=O)O)CC1)C2)(C(C)C)C(C)C.[Tb+4]. The predicted molar refractivity (Wildman–Crippen MR) is 203 cm³/mol. The molecule has 3 aliphatic heterocycles. The molecule has 53 heavy (non-hydrogen) atoms. The fourth-order valence-corrected chi connectivity index (χ4v) is 13.2. The maximum Gasteiger partial charge on any atom is 4.00 e. The largest absolute Gasteiger partial charge is 4.00 e. The second kappa shape index (κ2) is 19.7. The smallest absolute Gasteiger partial charge is 0.480 e. The Morgan fingerprint density at radius 3 is 1.75 bits per heavy atom. The van der Waals surface area contributed by atoms with Crippen LogP contribution in [0.15, 0.2) is 36.5 Å². The number of nitrogens with zero attached hydrogens (tertiary/aromatic N) is 9. The number of aromatic nitrogens is 5. The summed E-state index contributed by atoms with van der Waals surface area (Å²) in [5, 5.41) is 28.3. The van der Waals surface area contributed by atoms with Crippen LogP contribution in [0.2, 0.25) is 16.6 Å². The Bertz CT molecular complexity index is 1700. The third-order valence-electron chi connectivity index (χ3n) is 10.6. The van der Waals surface area contributed by atoms with Gasteiger partial charge in [0.25, 0.3) is 0 Å². The van der Waals surface area contributed by atoms with Crippen molar-refractivity contribution in [3.05, 3.63) is 59.2 Å². The maximum atomic E-state index is 11.9. The van der Waals surface area contributed by atoms with Crippen LogP contribution in [0, 0.1) is 50.1 Å². The monoisotopic (exact) mass is 888 g/mol. The van der Waals surface area contributed by atoms with Crippen molar-refractivity contribution < 1.29 is 58.4 Å². The van der Waals surface area contributed by atoms with Crippen LogP contribution in [0.3, 0.4) is 0 Å². The summed E-state index contributed by atoms with van der Waals surface area (Å²) in [5.74, 6) is 1.92. The van der Waals surface area contributed by atoms with E-state index in [0.717, 1.165) is 34.0 Å². The van der Waals surface area contributed by atoms with Crippen molar-refractivity contribution in [2.75, 3.05) is 65.4 Å². The molecule has 3 aliphatic rings. The first-order valence-corrected chi connectivity index (χ1v) is 20.8. The van der Waals surface area contributed by atoms with Gasteiger partial charge in [0.2, 0.25) is 0 Å². The van der Waals surface area contributed by atoms with E-state index in [4.69, 9.17) is 9.97 Å². The first-order valence-electron chi connectivity index (χ1n) is 18.5. The molecule has 1 fully saturated rings. The molecular formula is C38H55N9O4SiTb+4. The Kier molecular flexibility index (Phi) is 16.0. The van der Waals surface area contributed by atoms with E-state index in [9.17, 15) is 19.8 Å². The van der Waals surface area contributed by atoms with Gasteiger partial charge in [0.1, 0.15) is 13.8 Å². The molecule has 0 unspecified atom stereocenters. The maximum absolute atomic E-state index is 11.9. The molecule has 0 amide bonds. The number of rotatable bonds is 7. The zero-order valence-corrected chi connectivity index (χ0v) is 35.1. The van der Waals surface area contributed by atoms with Crippen LogP contribution in [0.5, 0.6) is 0 Å². The number of carboxylic acid groups (broad SMARTS) is 2. The van der Waals surface area contributed by atoms with Gasteiger partial charge in [-0.1, -0.05) is 58.7 Å². The first kappa shape index (κ1) is 43.0. The van der Waals surface area contributed by atoms with Crippen LogP contribution in [0.25, 0.3) is 11.4 Å². The van der Waals surface area contributed by atoms with E-state index in [-0.39, 0.29) is 51.7 Å². The molecule has 0 saturated carbocycles. The minimum Gasteiger partial charge on any atom is -0.480 e.